The Hall–Kier alpha value is -0.390. The van der Waals surface area contributed by atoms with Gasteiger partial charge in [0, 0.05) is 5.56 Å². The van der Waals surface area contributed by atoms with Gasteiger partial charge in [0.05, 0.1) is 16.3 Å². The molecule has 0 aromatic heterocycles. The van der Waals surface area contributed by atoms with Crippen LogP contribution in [-0.4, -0.2) is 32.8 Å². The number of hydrogen-bond acceptors (Lipinski definition) is 3. The van der Waals surface area contributed by atoms with Crippen LogP contribution in [0.5, 0.6) is 0 Å². The molecule has 11 heteroatoms. The van der Waals surface area contributed by atoms with Gasteiger partial charge >= 0.3 is 7.60 Å². The average Bonchev–Trinajstić information content (AvgIpc) is 2.26. The largest absolute Gasteiger partial charge is 0.343 e. The smallest absolute Gasteiger partial charge is 0.335 e. The van der Waals surface area contributed by atoms with Gasteiger partial charge in [-0.25, -0.2) is 0 Å². The number of benzene rings is 1. The van der Waals surface area contributed by atoms with Gasteiger partial charge < -0.3 is 20.0 Å². The van der Waals surface area contributed by atoms with E-state index in [-0.39, 0.29) is 15.6 Å². The summed E-state index contributed by atoms with van der Waals surface area (Å²) in [7, 11) is -8.80. The van der Waals surface area contributed by atoms with Gasteiger partial charge in [0.1, 0.15) is 5.90 Å². The highest BCUT2D eigenvalue weighted by Crippen LogP contribution is 2.53. The van der Waals surface area contributed by atoms with Crippen molar-refractivity contribution in [3.8, 4) is 0 Å². The fraction of sp³-hybridized carbons (Fsp3) is 0.222. The number of nitrogens with one attached hydrogen (secondary N) is 1. The van der Waals surface area contributed by atoms with Crippen molar-refractivity contribution in [3.05, 3.63) is 33.8 Å². The number of hydrogen-bond donors (Lipinski definition) is 4. The van der Waals surface area contributed by atoms with Gasteiger partial charge in [0.2, 0.25) is 7.37 Å². The first kappa shape index (κ1) is 17.7. The first-order valence-corrected chi connectivity index (χ1v) is 9.67. The zero-order valence-electron chi connectivity index (χ0n) is 9.86. The third-order valence-electron chi connectivity index (χ3n) is 2.07. The van der Waals surface area contributed by atoms with E-state index in [4.69, 9.17) is 33.0 Å². The van der Waals surface area contributed by atoms with Gasteiger partial charge in [-0.2, -0.15) is 0 Å². The quantitative estimate of drug-likeness (QED) is 0.595. The van der Waals surface area contributed by atoms with Crippen LogP contribution in [-0.2, 0) is 9.13 Å². The molecule has 20 heavy (non-hydrogen) atoms. The first-order chi connectivity index (χ1) is 9.00. The molecular formula is C9H11Cl2NO6P2. The number of halogens is 2. The number of amides is 1. The van der Waals surface area contributed by atoms with E-state index in [0.717, 1.165) is 0 Å². The van der Waals surface area contributed by atoms with Gasteiger partial charge in [-0.1, -0.05) is 23.2 Å². The second-order valence-electron chi connectivity index (χ2n) is 3.95. The molecule has 0 saturated carbocycles. The molecule has 1 aromatic carbocycles. The second-order valence-corrected chi connectivity index (χ2v) is 9.23. The van der Waals surface area contributed by atoms with E-state index in [1.165, 1.54) is 18.2 Å². The maximum atomic E-state index is 11.7. The molecule has 7 nitrogen and oxygen atoms in total. The number of rotatable bonds is 5. The molecule has 0 aliphatic heterocycles. The molecule has 1 unspecified atom stereocenters. The lowest BCUT2D eigenvalue weighted by Gasteiger charge is -2.13. The molecule has 1 aromatic rings. The summed E-state index contributed by atoms with van der Waals surface area (Å²) in [6, 6.07) is 4.01. The zero-order chi connectivity index (χ0) is 15.6. The van der Waals surface area contributed by atoms with Gasteiger partial charge in [-0.15, -0.1) is 0 Å². The molecule has 1 atom stereocenters. The third kappa shape index (κ3) is 5.94. The van der Waals surface area contributed by atoms with Gasteiger partial charge in [0.15, 0.2) is 0 Å². The SMILES string of the molecule is O=C(NCP(=O)(O)CP(=O)(O)O)c1ccc(Cl)c(Cl)c1. The fourth-order valence-electron chi connectivity index (χ4n) is 1.27. The van der Waals surface area contributed by atoms with E-state index in [2.05, 4.69) is 5.32 Å². The molecule has 1 amide bonds. The Morgan fingerprint density at radius 2 is 1.75 bits per heavy atom. The van der Waals surface area contributed by atoms with E-state index in [9.17, 15) is 18.8 Å². The number of carbonyl (C=O) groups excluding carboxylic acids is 1. The van der Waals surface area contributed by atoms with Crippen LogP contribution in [0.1, 0.15) is 10.4 Å². The van der Waals surface area contributed by atoms with Crippen molar-refractivity contribution < 1.29 is 28.6 Å². The Kier molecular flexibility index (Phi) is 5.81. The number of carbonyl (C=O) groups is 1. The standard InChI is InChI=1S/C9H11Cl2NO6P2/c10-7-2-1-6(3-8(7)11)9(13)12-4-19(14,15)5-20(16,17)18/h1-3H,4-5H2,(H,12,13)(H,14,15)(H2,16,17,18). The van der Waals surface area contributed by atoms with Crippen LogP contribution >= 0.6 is 38.2 Å². The molecular weight excluding hydrogens is 351 g/mol. The van der Waals surface area contributed by atoms with Crippen molar-refractivity contribution in [1.82, 2.24) is 5.32 Å². The molecule has 4 N–H and O–H groups in total. The lowest BCUT2D eigenvalue weighted by atomic mass is 10.2. The molecule has 0 heterocycles. The summed E-state index contributed by atoms with van der Waals surface area (Å²) in [6.07, 6.45) is -0.753. The van der Waals surface area contributed by atoms with E-state index in [1.807, 2.05) is 0 Å². The summed E-state index contributed by atoms with van der Waals surface area (Å²) >= 11 is 11.4. The minimum absolute atomic E-state index is 0.107. The zero-order valence-corrected chi connectivity index (χ0v) is 13.2. The Balaban J connectivity index is 2.70. The first-order valence-electron chi connectivity index (χ1n) is 5.09. The van der Waals surface area contributed by atoms with Crippen LogP contribution in [0, 0.1) is 0 Å². The maximum absolute atomic E-state index is 11.7. The molecule has 0 aliphatic rings. The summed E-state index contributed by atoms with van der Waals surface area (Å²) in [6.45, 7) is 0. The van der Waals surface area contributed by atoms with Gasteiger partial charge in [0.25, 0.3) is 5.91 Å². The molecule has 1 rings (SSSR count). The van der Waals surface area contributed by atoms with E-state index < -0.39 is 33.1 Å². The molecule has 0 fully saturated rings. The van der Waals surface area contributed by atoms with Crippen molar-refractivity contribution in [3.63, 3.8) is 0 Å². The van der Waals surface area contributed by atoms with Crippen LogP contribution < -0.4 is 5.32 Å². The van der Waals surface area contributed by atoms with Gasteiger partial charge in [-0.3, -0.25) is 13.9 Å². The average molecular weight is 362 g/mol. The Labute approximate surface area is 124 Å². The monoisotopic (exact) mass is 361 g/mol. The van der Waals surface area contributed by atoms with Crippen molar-refractivity contribution >= 4 is 44.1 Å². The fourth-order valence-corrected chi connectivity index (χ4v) is 4.66. The topological polar surface area (TPSA) is 124 Å². The van der Waals surface area contributed by atoms with E-state index in [0.29, 0.717) is 0 Å². The molecule has 0 radical (unpaired) electrons. The Bertz CT molecular complexity index is 616. The lowest BCUT2D eigenvalue weighted by Crippen LogP contribution is -2.25. The van der Waals surface area contributed by atoms with E-state index >= 15 is 0 Å². The minimum atomic E-state index is -4.64. The Morgan fingerprint density at radius 1 is 1.15 bits per heavy atom. The molecule has 112 valence electrons. The lowest BCUT2D eigenvalue weighted by molar-refractivity contribution is 0.0958. The summed E-state index contributed by atoms with van der Waals surface area (Å²) in [5.41, 5.74) is 0.107. The molecule has 0 aliphatic carbocycles. The molecule has 0 saturated heterocycles. The van der Waals surface area contributed by atoms with Crippen LogP contribution in [0.2, 0.25) is 10.0 Å². The minimum Gasteiger partial charge on any atom is -0.343 e. The predicted octanol–water partition coefficient (Wildman–Crippen LogP) is 2.09. The highest BCUT2D eigenvalue weighted by atomic mass is 35.5. The highest BCUT2D eigenvalue weighted by Gasteiger charge is 2.30. The summed E-state index contributed by atoms with van der Waals surface area (Å²) in [4.78, 5) is 38.3. The van der Waals surface area contributed by atoms with Crippen LogP contribution in [0.15, 0.2) is 18.2 Å². The van der Waals surface area contributed by atoms with Crippen molar-refractivity contribution in [2.45, 2.75) is 0 Å². The molecule has 0 spiro atoms. The third-order valence-corrected chi connectivity index (χ3v) is 6.71. The van der Waals surface area contributed by atoms with Crippen LogP contribution in [0.4, 0.5) is 0 Å². The van der Waals surface area contributed by atoms with Crippen molar-refractivity contribution in [2.75, 3.05) is 12.2 Å². The second kappa shape index (κ2) is 6.58. The van der Waals surface area contributed by atoms with Crippen LogP contribution in [0.25, 0.3) is 0 Å². The van der Waals surface area contributed by atoms with Crippen molar-refractivity contribution in [2.24, 2.45) is 0 Å². The highest BCUT2D eigenvalue weighted by molar-refractivity contribution is 7.72. The van der Waals surface area contributed by atoms with E-state index in [1.54, 1.807) is 0 Å². The predicted molar refractivity (Wildman–Crippen MR) is 75.5 cm³/mol. The van der Waals surface area contributed by atoms with Gasteiger partial charge in [-0.05, 0) is 18.2 Å². The maximum Gasteiger partial charge on any atom is 0.335 e. The normalized spacial score (nSPS) is 14.7. The summed E-state index contributed by atoms with van der Waals surface area (Å²) in [5, 5.41) is 2.50. The summed E-state index contributed by atoms with van der Waals surface area (Å²) < 4.78 is 22.1. The van der Waals surface area contributed by atoms with Crippen molar-refractivity contribution in [1.29, 1.82) is 0 Å². The Morgan fingerprint density at radius 3 is 2.25 bits per heavy atom. The molecule has 0 bridgehead atoms. The summed E-state index contributed by atoms with van der Waals surface area (Å²) in [5.74, 6) is -1.90. The van der Waals surface area contributed by atoms with Crippen LogP contribution in [0.3, 0.4) is 0 Å².